The molecule has 0 aliphatic heterocycles. The molecule has 36 heavy (non-hydrogen) atoms. The lowest BCUT2D eigenvalue weighted by atomic mass is 9.53. The number of aromatic nitrogens is 3. The number of alkyl halides is 3. The molecule has 0 spiro atoms. The van der Waals surface area contributed by atoms with E-state index in [1.54, 1.807) is 41.9 Å². The Hall–Kier alpha value is -3.07. The average molecular weight is 519 g/mol. The summed E-state index contributed by atoms with van der Waals surface area (Å²) in [4.78, 5) is 13.5. The zero-order valence-electron chi connectivity index (χ0n) is 19.7. The van der Waals surface area contributed by atoms with Gasteiger partial charge in [-0.3, -0.25) is 4.90 Å². The quantitative estimate of drug-likeness (QED) is 0.397. The van der Waals surface area contributed by atoms with E-state index in [1.165, 1.54) is 17.0 Å². The van der Waals surface area contributed by atoms with Crippen molar-refractivity contribution >= 4 is 23.4 Å². The Balaban J connectivity index is 1.40. The predicted molar refractivity (Wildman–Crippen MR) is 130 cm³/mol. The van der Waals surface area contributed by atoms with Crippen molar-refractivity contribution in [3.05, 3.63) is 64.9 Å². The molecule has 6 rings (SSSR count). The van der Waals surface area contributed by atoms with Gasteiger partial charge in [-0.05, 0) is 62.1 Å². The second-order valence-electron chi connectivity index (χ2n) is 10.1. The number of carboxylic acid groups (broad SMARTS) is 1. The van der Waals surface area contributed by atoms with Gasteiger partial charge in [0, 0.05) is 24.6 Å². The summed E-state index contributed by atoms with van der Waals surface area (Å²) in [6.07, 6.45) is -0.829. The third-order valence-electron chi connectivity index (χ3n) is 8.09. The molecule has 3 aliphatic carbocycles. The van der Waals surface area contributed by atoms with Crippen LogP contribution in [0.2, 0.25) is 5.02 Å². The number of para-hydroxylation sites is 1. The van der Waals surface area contributed by atoms with Crippen LogP contribution in [0.3, 0.4) is 0 Å². The van der Waals surface area contributed by atoms with E-state index in [9.17, 15) is 23.1 Å². The van der Waals surface area contributed by atoms with Crippen molar-refractivity contribution in [2.75, 3.05) is 11.4 Å². The number of fused-ring (bicyclic) bond motifs is 3. The van der Waals surface area contributed by atoms with E-state index in [2.05, 4.69) is 10.2 Å². The first-order valence-corrected chi connectivity index (χ1v) is 12.2. The summed E-state index contributed by atoms with van der Waals surface area (Å²) in [6, 6.07) is 12.4. The molecule has 0 unspecified atom stereocenters. The van der Waals surface area contributed by atoms with E-state index in [-0.39, 0.29) is 22.2 Å². The van der Waals surface area contributed by atoms with Gasteiger partial charge >= 0.3 is 12.3 Å². The average Bonchev–Trinajstić information content (AvgIpc) is 3.25. The number of hydrogen-bond acceptors (Lipinski definition) is 3. The second-order valence-corrected chi connectivity index (χ2v) is 10.5. The van der Waals surface area contributed by atoms with Crippen LogP contribution in [0, 0.1) is 5.41 Å². The molecular formula is C26H26ClF3N4O2. The maximum Gasteiger partial charge on any atom is 0.417 e. The minimum atomic E-state index is -4.49. The van der Waals surface area contributed by atoms with E-state index in [1.807, 2.05) is 0 Å². The molecule has 2 aromatic carbocycles. The zero-order valence-corrected chi connectivity index (χ0v) is 20.5. The molecule has 2 bridgehead atoms. The highest BCUT2D eigenvalue weighted by atomic mass is 35.5. The van der Waals surface area contributed by atoms with Crippen LogP contribution in [0.25, 0.3) is 11.4 Å². The summed E-state index contributed by atoms with van der Waals surface area (Å²) in [5, 5.41) is 18.9. The standard InChI is InChI=1S/C26H26ClF3N4O2/c1-33-21(17-6-2-3-7-18(17)26(28,29)30)31-32-22(33)25-13-10-24(11-14-25,12-15-25)16-34(23(35)36)20-9-5-4-8-19(20)27/h2-9H,10-16H2,1H3,(H,35,36). The molecule has 1 N–H and O–H groups in total. The van der Waals surface area contributed by atoms with Crippen LogP contribution < -0.4 is 4.90 Å². The summed E-state index contributed by atoms with van der Waals surface area (Å²) in [5.74, 6) is 0.898. The third-order valence-corrected chi connectivity index (χ3v) is 8.41. The van der Waals surface area contributed by atoms with Gasteiger partial charge in [0.05, 0.1) is 16.3 Å². The monoisotopic (exact) mass is 518 g/mol. The highest BCUT2D eigenvalue weighted by molar-refractivity contribution is 6.33. The number of carbonyl (C=O) groups is 1. The fourth-order valence-electron chi connectivity index (χ4n) is 6.05. The summed E-state index contributed by atoms with van der Waals surface area (Å²) < 4.78 is 42.5. The van der Waals surface area contributed by atoms with E-state index in [0.717, 1.165) is 44.6 Å². The molecule has 0 atom stereocenters. The molecule has 10 heteroatoms. The van der Waals surface area contributed by atoms with Crippen molar-refractivity contribution in [1.82, 2.24) is 14.8 Å². The molecule has 3 aliphatic rings. The molecule has 1 heterocycles. The van der Waals surface area contributed by atoms with E-state index >= 15 is 0 Å². The van der Waals surface area contributed by atoms with Crippen LogP contribution in [-0.2, 0) is 18.6 Å². The zero-order chi connectivity index (χ0) is 25.7. The topological polar surface area (TPSA) is 71.2 Å². The molecular weight excluding hydrogens is 493 g/mol. The fourth-order valence-corrected chi connectivity index (χ4v) is 6.29. The molecule has 3 saturated carbocycles. The van der Waals surface area contributed by atoms with E-state index in [0.29, 0.717) is 23.1 Å². The van der Waals surface area contributed by atoms with Gasteiger partial charge in [-0.15, -0.1) is 10.2 Å². The minimum absolute atomic E-state index is 0.0143. The Bertz CT molecular complexity index is 1280. The Kier molecular flexibility index (Phi) is 6.01. The fraction of sp³-hybridized carbons (Fsp3) is 0.423. The van der Waals surface area contributed by atoms with Gasteiger partial charge in [0.15, 0.2) is 5.82 Å². The first-order chi connectivity index (χ1) is 17.1. The van der Waals surface area contributed by atoms with Gasteiger partial charge in [0.1, 0.15) is 5.82 Å². The molecule has 3 fully saturated rings. The number of halogens is 4. The molecule has 0 radical (unpaired) electrons. The van der Waals surface area contributed by atoms with E-state index in [4.69, 9.17) is 11.6 Å². The van der Waals surface area contributed by atoms with Gasteiger partial charge in [-0.2, -0.15) is 13.2 Å². The number of anilines is 1. The lowest BCUT2D eigenvalue weighted by Crippen LogP contribution is -2.51. The van der Waals surface area contributed by atoms with Crippen molar-refractivity contribution in [1.29, 1.82) is 0 Å². The van der Waals surface area contributed by atoms with Crippen LogP contribution in [0.15, 0.2) is 48.5 Å². The third kappa shape index (κ3) is 4.13. The van der Waals surface area contributed by atoms with Gasteiger partial charge in [0.25, 0.3) is 0 Å². The van der Waals surface area contributed by atoms with Crippen LogP contribution in [0.5, 0.6) is 0 Å². The highest BCUT2D eigenvalue weighted by Gasteiger charge is 2.52. The van der Waals surface area contributed by atoms with Crippen LogP contribution in [0.1, 0.15) is 49.9 Å². The first-order valence-electron chi connectivity index (χ1n) is 11.9. The van der Waals surface area contributed by atoms with Crippen molar-refractivity contribution in [3.63, 3.8) is 0 Å². The SMILES string of the molecule is Cn1c(-c2ccccc2C(F)(F)F)nnc1C12CCC(CN(C(=O)O)c3ccccc3Cl)(CC1)CC2. The predicted octanol–water partition coefficient (Wildman–Crippen LogP) is 6.93. The van der Waals surface area contributed by atoms with Gasteiger partial charge < -0.3 is 9.67 Å². The Morgan fingerprint density at radius 3 is 2.25 bits per heavy atom. The van der Waals surface area contributed by atoms with Crippen molar-refractivity contribution < 1.29 is 23.1 Å². The lowest BCUT2D eigenvalue weighted by Gasteiger charge is -2.53. The molecule has 0 saturated heterocycles. The number of nitrogens with zero attached hydrogens (tertiary/aromatic N) is 4. The Labute approximate surface area is 211 Å². The normalized spacial score (nSPS) is 23.6. The van der Waals surface area contributed by atoms with Crippen molar-refractivity contribution in [3.8, 4) is 11.4 Å². The first kappa shape index (κ1) is 24.6. The summed E-state index contributed by atoms with van der Waals surface area (Å²) >= 11 is 6.30. The summed E-state index contributed by atoms with van der Waals surface area (Å²) in [6.45, 7) is 0.352. The second kappa shape index (κ2) is 8.80. The van der Waals surface area contributed by atoms with Gasteiger partial charge in [-0.1, -0.05) is 41.9 Å². The molecule has 6 nitrogen and oxygen atoms in total. The maximum absolute atomic E-state index is 13.6. The maximum atomic E-state index is 13.6. The largest absolute Gasteiger partial charge is 0.465 e. The van der Waals surface area contributed by atoms with Crippen molar-refractivity contribution in [2.45, 2.75) is 50.1 Å². The molecule has 1 amide bonds. The van der Waals surface area contributed by atoms with Crippen LogP contribution in [-0.4, -0.2) is 32.5 Å². The van der Waals surface area contributed by atoms with Gasteiger partial charge in [0.2, 0.25) is 0 Å². The van der Waals surface area contributed by atoms with E-state index < -0.39 is 17.8 Å². The van der Waals surface area contributed by atoms with Gasteiger partial charge in [-0.25, -0.2) is 4.79 Å². The lowest BCUT2D eigenvalue weighted by molar-refractivity contribution is -0.137. The summed E-state index contributed by atoms with van der Waals surface area (Å²) in [7, 11) is 1.73. The molecule has 1 aromatic heterocycles. The van der Waals surface area contributed by atoms with Crippen LogP contribution >= 0.6 is 11.6 Å². The number of benzene rings is 2. The number of hydrogen-bond donors (Lipinski definition) is 1. The highest BCUT2D eigenvalue weighted by Crippen LogP contribution is 2.58. The Morgan fingerprint density at radius 2 is 1.64 bits per heavy atom. The van der Waals surface area contributed by atoms with Crippen LogP contribution in [0.4, 0.5) is 23.7 Å². The Morgan fingerprint density at radius 1 is 1.03 bits per heavy atom. The number of amides is 1. The molecule has 190 valence electrons. The minimum Gasteiger partial charge on any atom is -0.465 e. The smallest absolute Gasteiger partial charge is 0.417 e. The number of rotatable bonds is 5. The summed E-state index contributed by atoms with van der Waals surface area (Å²) in [5.41, 5.74) is -0.703. The molecule has 3 aromatic rings. The van der Waals surface area contributed by atoms with Crippen molar-refractivity contribution in [2.24, 2.45) is 12.5 Å².